The molecule has 26 heavy (non-hydrogen) atoms. The molecule has 0 heterocycles. The Bertz CT molecular complexity index is 768. The standard InChI is InChI=1S/C22H29NO3/c1-14(2)18-9-7-8-15(3)22(18)23-21(24)12-16(4)19-11-10-17(25-5)13-20(19)26-6/h7-11,13-14,16H,12H2,1-6H3,(H,23,24). The lowest BCUT2D eigenvalue weighted by molar-refractivity contribution is -0.116. The molecule has 1 atom stereocenters. The molecule has 0 aliphatic carbocycles. The van der Waals surface area contributed by atoms with Crippen molar-refractivity contribution in [1.29, 1.82) is 0 Å². The minimum atomic E-state index is 0.00608. The highest BCUT2D eigenvalue weighted by Gasteiger charge is 2.18. The van der Waals surface area contributed by atoms with Crippen molar-refractivity contribution in [2.45, 2.75) is 46.0 Å². The van der Waals surface area contributed by atoms with Crippen molar-refractivity contribution in [2.24, 2.45) is 0 Å². The fraction of sp³-hybridized carbons (Fsp3) is 0.409. The van der Waals surface area contributed by atoms with Gasteiger partial charge in [-0.3, -0.25) is 4.79 Å². The van der Waals surface area contributed by atoms with E-state index in [1.165, 1.54) is 0 Å². The number of benzene rings is 2. The summed E-state index contributed by atoms with van der Waals surface area (Å²) in [7, 11) is 3.26. The Morgan fingerprint density at radius 2 is 1.77 bits per heavy atom. The first-order chi connectivity index (χ1) is 12.4. The minimum Gasteiger partial charge on any atom is -0.497 e. The number of nitrogens with one attached hydrogen (secondary N) is 1. The molecule has 0 aliphatic rings. The number of para-hydroxylation sites is 1. The second-order valence-electron chi connectivity index (χ2n) is 6.96. The third kappa shape index (κ3) is 4.57. The normalized spacial score (nSPS) is 12.0. The quantitative estimate of drug-likeness (QED) is 0.736. The molecule has 0 fully saturated rings. The maximum Gasteiger partial charge on any atom is 0.224 e. The first-order valence-electron chi connectivity index (χ1n) is 8.98. The summed E-state index contributed by atoms with van der Waals surface area (Å²) < 4.78 is 10.7. The lowest BCUT2D eigenvalue weighted by Gasteiger charge is -2.19. The molecule has 0 aliphatic heterocycles. The number of carbonyl (C=O) groups is 1. The fourth-order valence-corrected chi connectivity index (χ4v) is 3.15. The van der Waals surface area contributed by atoms with Gasteiger partial charge in [0.15, 0.2) is 0 Å². The fourth-order valence-electron chi connectivity index (χ4n) is 3.15. The van der Waals surface area contributed by atoms with E-state index in [0.717, 1.165) is 33.9 Å². The van der Waals surface area contributed by atoms with Crippen LogP contribution in [0.1, 0.15) is 55.7 Å². The molecule has 0 bridgehead atoms. The molecule has 2 rings (SSSR count). The molecule has 4 nitrogen and oxygen atoms in total. The molecule has 2 aromatic carbocycles. The number of carbonyl (C=O) groups excluding carboxylic acids is 1. The zero-order valence-corrected chi connectivity index (χ0v) is 16.6. The van der Waals surface area contributed by atoms with Gasteiger partial charge in [0, 0.05) is 18.2 Å². The maximum atomic E-state index is 12.7. The minimum absolute atomic E-state index is 0.00608. The van der Waals surface area contributed by atoms with Crippen molar-refractivity contribution in [2.75, 3.05) is 19.5 Å². The molecule has 0 radical (unpaired) electrons. The SMILES string of the molecule is COc1ccc(C(C)CC(=O)Nc2c(C)cccc2C(C)C)c(OC)c1. The van der Waals surface area contributed by atoms with Crippen LogP contribution in [0.5, 0.6) is 11.5 Å². The van der Waals surface area contributed by atoms with Crippen LogP contribution in [0.2, 0.25) is 0 Å². The zero-order valence-electron chi connectivity index (χ0n) is 16.6. The summed E-state index contributed by atoms with van der Waals surface area (Å²) in [5.74, 6) is 1.87. The van der Waals surface area contributed by atoms with Gasteiger partial charge in [0.25, 0.3) is 0 Å². The van der Waals surface area contributed by atoms with Gasteiger partial charge in [0.2, 0.25) is 5.91 Å². The number of amides is 1. The largest absolute Gasteiger partial charge is 0.497 e. The van der Waals surface area contributed by atoms with Gasteiger partial charge in [-0.15, -0.1) is 0 Å². The Hall–Kier alpha value is -2.49. The number of rotatable bonds is 7. The monoisotopic (exact) mass is 355 g/mol. The second kappa shape index (κ2) is 8.75. The van der Waals surface area contributed by atoms with Crippen molar-refractivity contribution < 1.29 is 14.3 Å². The highest BCUT2D eigenvalue weighted by Crippen LogP contribution is 2.33. The van der Waals surface area contributed by atoms with Crippen LogP contribution in [0, 0.1) is 6.92 Å². The van der Waals surface area contributed by atoms with Crippen LogP contribution in [0.15, 0.2) is 36.4 Å². The first kappa shape index (κ1) is 19.8. The van der Waals surface area contributed by atoms with E-state index in [2.05, 4.69) is 25.2 Å². The molecule has 1 N–H and O–H groups in total. The predicted octanol–water partition coefficient (Wildman–Crippen LogP) is 5.27. The predicted molar refractivity (Wildman–Crippen MR) is 106 cm³/mol. The average Bonchev–Trinajstić information content (AvgIpc) is 2.62. The van der Waals surface area contributed by atoms with E-state index in [-0.39, 0.29) is 11.8 Å². The summed E-state index contributed by atoms with van der Waals surface area (Å²) in [4.78, 5) is 12.7. The van der Waals surface area contributed by atoms with Gasteiger partial charge in [-0.2, -0.15) is 0 Å². The highest BCUT2D eigenvalue weighted by molar-refractivity contribution is 5.93. The van der Waals surface area contributed by atoms with E-state index in [1.54, 1.807) is 14.2 Å². The first-order valence-corrected chi connectivity index (χ1v) is 8.98. The van der Waals surface area contributed by atoms with E-state index in [0.29, 0.717) is 12.3 Å². The van der Waals surface area contributed by atoms with Crippen LogP contribution < -0.4 is 14.8 Å². The van der Waals surface area contributed by atoms with Gasteiger partial charge >= 0.3 is 0 Å². The molecule has 0 spiro atoms. The third-order valence-electron chi connectivity index (χ3n) is 4.65. The van der Waals surface area contributed by atoms with E-state index >= 15 is 0 Å². The lowest BCUT2D eigenvalue weighted by atomic mass is 9.95. The molecule has 0 saturated carbocycles. The van der Waals surface area contributed by atoms with Gasteiger partial charge in [0.05, 0.1) is 14.2 Å². The maximum absolute atomic E-state index is 12.7. The van der Waals surface area contributed by atoms with Crippen LogP contribution in [0.3, 0.4) is 0 Å². The molecule has 1 amide bonds. The number of hydrogen-bond donors (Lipinski definition) is 1. The Morgan fingerprint density at radius 3 is 2.38 bits per heavy atom. The van der Waals surface area contributed by atoms with E-state index in [9.17, 15) is 4.79 Å². The number of anilines is 1. The van der Waals surface area contributed by atoms with Crippen LogP contribution in [0.4, 0.5) is 5.69 Å². The van der Waals surface area contributed by atoms with E-state index < -0.39 is 0 Å². The van der Waals surface area contributed by atoms with Gasteiger partial charge < -0.3 is 14.8 Å². The van der Waals surface area contributed by atoms with Crippen LogP contribution in [-0.4, -0.2) is 20.1 Å². The summed E-state index contributed by atoms with van der Waals surface area (Å²) >= 11 is 0. The number of methoxy groups -OCH3 is 2. The Balaban J connectivity index is 2.16. The molecular formula is C22H29NO3. The van der Waals surface area contributed by atoms with Crippen LogP contribution in [-0.2, 0) is 4.79 Å². The van der Waals surface area contributed by atoms with Crippen LogP contribution in [0.25, 0.3) is 0 Å². The Kier molecular flexibility index (Phi) is 6.67. The molecular weight excluding hydrogens is 326 g/mol. The van der Waals surface area contributed by atoms with Crippen molar-refractivity contribution >= 4 is 11.6 Å². The highest BCUT2D eigenvalue weighted by atomic mass is 16.5. The van der Waals surface area contributed by atoms with E-state index in [1.807, 2.05) is 44.2 Å². The van der Waals surface area contributed by atoms with Crippen LogP contribution >= 0.6 is 0 Å². The van der Waals surface area contributed by atoms with Gasteiger partial charge in [0.1, 0.15) is 11.5 Å². The molecule has 2 aromatic rings. The Labute approximate surface area is 156 Å². The number of ether oxygens (including phenoxy) is 2. The lowest BCUT2D eigenvalue weighted by Crippen LogP contribution is -2.17. The van der Waals surface area contributed by atoms with Gasteiger partial charge in [-0.1, -0.05) is 45.0 Å². The second-order valence-corrected chi connectivity index (χ2v) is 6.96. The van der Waals surface area contributed by atoms with E-state index in [4.69, 9.17) is 9.47 Å². The summed E-state index contributed by atoms with van der Waals surface area (Å²) in [5.41, 5.74) is 4.17. The topological polar surface area (TPSA) is 47.6 Å². The smallest absolute Gasteiger partial charge is 0.224 e. The van der Waals surface area contributed by atoms with Crippen molar-refractivity contribution in [1.82, 2.24) is 0 Å². The van der Waals surface area contributed by atoms with Crippen molar-refractivity contribution in [3.63, 3.8) is 0 Å². The molecule has 140 valence electrons. The summed E-state index contributed by atoms with van der Waals surface area (Å²) in [6.07, 6.45) is 0.383. The molecule has 4 heteroatoms. The molecule has 0 saturated heterocycles. The summed E-state index contributed by atoms with van der Waals surface area (Å²) in [6, 6.07) is 11.8. The van der Waals surface area contributed by atoms with Crippen molar-refractivity contribution in [3.05, 3.63) is 53.1 Å². The average molecular weight is 355 g/mol. The molecule has 1 unspecified atom stereocenters. The zero-order chi connectivity index (χ0) is 19.3. The third-order valence-corrected chi connectivity index (χ3v) is 4.65. The summed E-state index contributed by atoms with van der Waals surface area (Å²) in [5, 5.41) is 3.12. The summed E-state index contributed by atoms with van der Waals surface area (Å²) in [6.45, 7) is 8.33. The van der Waals surface area contributed by atoms with Gasteiger partial charge in [-0.25, -0.2) is 0 Å². The van der Waals surface area contributed by atoms with Crippen molar-refractivity contribution in [3.8, 4) is 11.5 Å². The number of aryl methyl sites for hydroxylation is 1. The Morgan fingerprint density at radius 1 is 1.04 bits per heavy atom. The molecule has 0 aromatic heterocycles. The van der Waals surface area contributed by atoms with Gasteiger partial charge in [-0.05, 0) is 41.5 Å². The number of hydrogen-bond acceptors (Lipinski definition) is 3.